The van der Waals surface area contributed by atoms with Gasteiger partial charge < -0.3 is 10.2 Å². The second-order valence-electron chi connectivity index (χ2n) is 7.28. The monoisotopic (exact) mass is 294 g/mol. The Balaban J connectivity index is 2.20. The van der Waals surface area contributed by atoms with E-state index in [0.29, 0.717) is 6.42 Å². The first kappa shape index (κ1) is 16.3. The Morgan fingerprint density at radius 1 is 1.29 bits per heavy atom. The third kappa shape index (κ3) is 3.24. The molecular weight excluding hydrogens is 264 g/mol. The number of rotatable bonds is 5. The van der Waals surface area contributed by atoms with Gasteiger partial charge in [-0.3, -0.25) is 9.59 Å². The molecule has 0 radical (unpaired) electrons. The van der Waals surface area contributed by atoms with Crippen molar-refractivity contribution in [1.29, 1.82) is 0 Å². The van der Waals surface area contributed by atoms with Crippen molar-refractivity contribution in [2.24, 2.45) is 11.3 Å². The van der Waals surface area contributed by atoms with Gasteiger partial charge in [-0.25, -0.2) is 0 Å². The molecule has 2 amide bonds. The highest BCUT2D eigenvalue weighted by atomic mass is 16.2. The molecule has 3 unspecified atom stereocenters. The molecule has 2 rings (SSSR count). The maximum atomic E-state index is 12.9. The predicted molar refractivity (Wildman–Crippen MR) is 83.8 cm³/mol. The fraction of sp³-hybridized carbons (Fsp3) is 0.882. The van der Waals surface area contributed by atoms with Gasteiger partial charge in [0.25, 0.3) is 0 Å². The van der Waals surface area contributed by atoms with Crippen LogP contribution in [0.4, 0.5) is 0 Å². The number of carbonyl (C=O) groups excluding carboxylic acids is 2. The van der Waals surface area contributed by atoms with Crippen LogP contribution < -0.4 is 5.32 Å². The molecule has 2 fully saturated rings. The summed E-state index contributed by atoms with van der Waals surface area (Å²) in [7, 11) is 0. The first-order chi connectivity index (χ1) is 9.91. The van der Waals surface area contributed by atoms with Crippen LogP contribution in [0.15, 0.2) is 0 Å². The second kappa shape index (κ2) is 6.37. The molecule has 120 valence electrons. The van der Waals surface area contributed by atoms with Crippen molar-refractivity contribution < 1.29 is 9.59 Å². The topological polar surface area (TPSA) is 49.4 Å². The van der Waals surface area contributed by atoms with Crippen LogP contribution in [0.5, 0.6) is 0 Å². The van der Waals surface area contributed by atoms with E-state index in [2.05, 4.69) is 19.2 Å². The molecule has 1 aliphatic carbocycles. The number of amides is 2. The normalized spacial score (nSPS) is 30.4. The van der Waals surface area contributed by atoms with E-state index in [9.17, 15) is 9.59 Å². The maximum absolute atomic E-state index is 12.9. The van der Waals surface area contributed by atoms with Crippen LogP contribution in [0.1, 0.15) is 66.2 Å². The highest BCUT2D eigenvalue weighted by Crippen LogP contribution is 2.39. The molecule has 0 aromatic heterocycles. The molecule has 4 heteroatoms. The van der Waals surface area contributed by atoms with Gasteiger partial charge in [0, 0.05) is 6.54 Å². The quantitative estimate of drug-likeness (QED) is 0.847. The molecule has 0 spiro atoms. The minimum Gasteiger partial charge on any atom is -0.342 e. The van der Waals surface area contributed by atoms with E-state index >= 15 is 0 Å². The summed E-state index contributed by atoms with van der Waals surface area (Å²) in [5.74, 6) is 0.353. The molecule has 21 heavy (non-hydrogen) atoms. The summed E-state index contributed by atoms with van der Waals surface area (Å²) in [4.78, 5) is 27.2. The van der Waals surface area contributed by atoms with Gasteiger partial charge in [-0.05, 0) is 30.6 Å². The highest BCUT2D eigenvalue weighted by Gasteiger charge is 2.44. The van der Waals surface area contributed by atoms with Crippen LogP contribution in [0.25, 0.3) is 0 Å². The van der Waals surface area contributed by atoms with Gasteiger partial charge in [-0.15, -0.1) is 0 Å². The van der Waals surface area contributed by atoms with Crippen molar-refractivity contribution in [3.8, 4) is 0 Å². The summed E-state index contributed by atoms with van der Waals surface area (Å²) in [6, 6.07) is -0.620. The van der Waals surface area contributed by atoms with E-state index in [4.69, 9.17) is 0 Å². The van der Waals surface area contributed by atoms with Crippen molar-refractivity contribution in [1.82, 2.24) is 10.2 Å². The summed E-state index contributed by atoms with van der Waals surface area (Å²) in [6.45, 7) is 9.11. The van der Waals surface area contributed by atoms with E-state index < -0.39 is 0 Å². The van der Waals surface area contributed by atoms with Crippen molar-refractivity contribution in [2.45, 2.75) is 78.3 Å². The number of hydrogen-bond donors (Lipinski definition) is 1. The van der Waals surface area contributed by atoms with E-state index in [-0.39, 0.29) is 35.2 Å². The number of nitrogens with zero attached hydrogens (tertiary/aromatic N) is 1. The van der Waals surface area contributed by atoms with E-state index in [1.54, 1.807) is 0 Å². The van der Waals surface area contributed by atoms with Crippen LogP contribution in [0.3, 0.4) is 0 Å². The van der Waals surface area contributed by atoms with Crippen LogP contribution in [-0.4, -0.2) is 35.3 Å². The lowest BCUT2D eigenvalue weighted by molar-refractivity contribution is -0.152. The highest BCUT2D eigenvalue weighted by molar-refractivity contribution is 5.97. The molecule has 1 N–H and O–H groups in total. The summed E-state index contributed by atoms with van der Waals surface area (Å²) < 4.78 is 0. The standard InChI is InChI=1S/C17H30N2O2/c1-5-12(3)14-16(21)19(13(6-2)15(20)18-14)11-17(4)9-7-8-10-17/h12-14H,5-11H2,1-4H3,(H,18,20). The second-order valence-corrected chi connectivity index (χ2v) is 7.28. The molecular formula is C17H30N2O2. The van der Waals surface area contributed by atoms with Gasteiger partial charge in [-0.2, -0.15) is 0 Å². The Kier molecular flexibility index (Phi) is 4.95. The van der Waals surface area contributed by atoms with E-state index in [1.165, 1.54) is 25.7 Å². The van der Waals surface area contributed by atoms with Crippen molar-refractivity contribution in [3.63, 3.8) is 0 Å². The maximum Gasteiger partial charge on any atom is 0.246 e. The Morgan fingerprint density at radius 3 is 2.43 bits per heavy atom. The Morgan fingerprint density at radius 2 is 1.90 bits per heavy atom. The first-order valence-electron chi connectivity index (χ1n) is 8.52. The molecule has 1 saturated heterocycles. The smallest absolute Gasteiger partial charge is 0.246 e. The number of carbonyl (C=O) groups is 2. The third-order valence-electron chi connectivity index (χ3n) is 5.49. The third-order valence-corrected chi connectivity index (χ3v) is 5.49. The summed E-state index contributed by atoms with van der Waals surface area (Å²) in [6.07, 6.45) is 6.43. The van der Waals surface area contributed by atoms with Gasteiger partial charge in [-0.1, -0.05) is 47.0 Å². The lowest BCUT2D eigenvalue weighted by Gasteiger charge is -2.43. The zero-order chi connectivity index (χ0) is 15.6. The van der Waals surface area contributed by atoms with Crippen LogP contribution >= 0.6 is 0 Å². The average Bonchev–Trinajstić information content (AvgIpc) is 2.88. The molecule has 0 aromatic carbocycles. The Labute approximate surface area is 128 Å². The van der Waals surface area contributed by atoms with Crippen molar-refractivity contribution in [3.05, 3.63) is 0 Å². The lowest BCUT2D eigenvalue weighted by Crippen LogP contribution is -2.65. The minimum absolute atomic E-state index is 0.0315. The Bertz CT molecular complexity index is 402. The molecule has 1 aliphatic heterocycles. The lowest BCUT2D eigenvalue weighted by atomic mass is 9.85. The molecule has 3 atom stereocenters. The summed E-state index contributed by atoms with van der Waals surface area (Å²) in [5.41, 5.74) is 0.195. The van der Waals surface area contributed by atoms with Gasteiger partial charge in [0.2, 0.25) is 11.8 Å². The molecule has 0 bridgehead atoms. The number of nitrogens with one attached hydrogen (secondary N) is 1. The van der Waals surface area contributed by atoms with Gasteiger partial charge in [0.15, 0.2) is 0 Å². The van der Waals surface area contributed by atoms with Crippen molar-refractivity contribution in [2.75, 3.05) is 6.54 Å². The van der Waals surface area contributed by atoms with Gasteiger partial charge in [0.05, 0.1) is 0 Å². The van der Waals surface area contributed by atoms with E-state index in [0.717, 1.165) is 13.0 Å². The molecule has 4 nitrogen and oxygen atoms in total. The minimum atomic E-state index is -0.338. The van der Waals surface area contributed by atoms with Crippen LogP contribution in [0, 0.1) is 11.3 Å². The molecule has 1 saturated carbocycles. The summed E-state index contributed by atoms with van der Waals surface area (Å²) in [5, 5.41) is 2.96. The molecule has 2 aliphatic rings. The predicted octanol–water partition coefficient (Wildman–Crippen LogP) is 2.72. The largest absolute Gasteiger partial charge is 0.342 e. The fourth-order valence-corrected chi connectivity index (χ4v) is 3.80. The number of piperazine rings is 1. The molecule has 0 aromatic rings. The van der Waals surface area contributed by atoms with E-state index in [1.807, 2.05) is 18.7 Å². The summed E-state index contributed by atoms with van der Waals surface area (Å²) >= 11 is 0. The zero-order valence-electron chi connectivity index (χ0n) is 13.9. The first-order valence-corrected chi connectivity index (χ1v) is 8.52. The Hall–Kier alpha value is -1.06. The molecule has 1 heterocycles. The van der Waals surface area contributed by atoms with Crippen molar-refractivity contribution >= 4 is 11.8 Å². The fourth-order valence-electron chi connectivity index (χ4n) is 3.80. The van der Waals surface area contributed by atoms with Crippen LogP contribution in [-0.2, 0) is 9.59 Å². The van der Waals surface area contributed by atoms with Crippen LogP contribution in [0.2, 0.25) is 0 Å². The van der Waals surface area contributed by atoms with Gasteiger partial charge >= 0.3 is 0 Å². The number of hydrogen-bond acceptors (Lipinski definition) is 2. The zero-order valence-corrected chi connectivity index (χ0v) is 13.9. The van der Waals surface area contributed by atoms with Gasteiger partial charge in [0.1, 0.15) is 12.1 Å². The SMILES string of the molecule is CCC(C)C1NC(=O)C(CC)N(CC2(C)CCCC2)C1=O. The average molecular weight is 294 g/mol.